The number of hydrogen-bond acceptors (Lipinski definition) is 7. The van der Waals surface area contributed by atoms with Gasteiger partial charge in [-0.25, -0.2) is 0 Å². The molecule has 0 fully saturated rings. The molecule has 2 atom stereocenters. The third-order valence-electron chi connectivity index (χ3n) is 3.49. The fourth-order valence-corrected chi connectivity index (χ4v) is 6.49. The van der Waals surface area contributed by atoms with Crippen LogP contribution >= 0.6 is 67.8 Å². The summed E-state index contributed by atoms with van der Waals surface area (Å²) in [6, 6.07) is 0. The predicted octanol–water partition coefficient (Wildman–Crippen LogP) is -0.756. The van der Waals surface area contributed by atoms with E-state index in [9.17, 15) is 24.6 Å². The van der Waals surface area contributed by atoms with E-state index in [4.69, 9.17) is 10.2 Å². The summed E-state index contributed by atoms with van der Waals surface area (Å²) in [5.41, 5.74) is 0.515. The molecule has 1 radical (unpaired) electrons. The van der Waals surface area contributed by atoms with Crippen LogP contribution in [0.15, 0.2) is 0 Å². The Bertz CT molecular complexity index is 745. The van der Waals surface area contributed by atoms with Crippen molar-refractivity contribution in [1.82, 2.24) is 10.6 Å². The van der Waals surface area contributed by atoms with Crippen molar-refractivity contribution >= 4 is 121 Å². The number of aliphatic hydroxyl groups excluding tert-OH is 4. The minimum Gasteiger partial charge on any atom is -0.394 e. The van der Waals surface area contributed by atoms with Gasteiger partial charge in [-0.15, -0.1) is 0 Å². The molecule has 0 heterocycles. The van der Waals surface area contributed by atoms with Crippen LogP contribution in [0.3, 0.4) is 0 Å². The minimum atomic E-state index is -1.14. The van der Waals surface area contributed by atoms with Gasteiger partial charge in [0, 0.05) is 53.1 Å². The van der Waals surface area contributed by atoms with Crippen LogP contribution in [0.2, 0.25) is 0 Å². The number of nitrogens with one attached hydrogen (secondary N) is 3. The molecule has 14 heteroatoms. The summed E-state index contributed by atoms with van der Waals surface area (Å²) in [6.45, 7) is -0.169. The molecule has 30 heavy (non-hydrogen) atoms. The van der Waals surface area contributed by atoms with Crippen molar-refractivity contribution in [3.63, 3.8) is 0 Å². The Labute approximate surface area is 236 Å². The van der Waals surface area contributed by atoms with E-state index >= 15 is 0 Å². The number of halogens is 3. The van der Waals surface area contributed by atoms with E-state index in [1.165, 1.54) is 6.92 Å². The molecular weight excluding hydrogens is 750 g/mol. The van der Waals surface area contributed by atoms with E-state index in [1.54, 1.807) is 0 Å². The first-order chi connectivity index (χ1) is 13.5. The number of benzene rings is 1. The van der Waals surface area contributed by atoms with Gasteiger partial charge in [-0.3, -0.25) is 14.4 Å². The van der Waals surface area contributed by atoms with Crippen molar-refractivity contribution in [2.75, 3.05) is 31.6 Å². The molecule has 1 rings (SSSR count). The number of carbonyl (C=O) groups is 3. The molecule has 0 saturated heterocycles. The normalized spacial score (nSPS) is 12.4. The molecule has 7 N–H and O–H groups in total. The minimum absolute atomic E-state index is 0. The van der Waals surface area contributed by atoms with Crippen LogP contribution in [0, 0.1) is 10.7 Å². The summed E-state index contributed by atoms with van der Waals surface area (Å²) in [7, 11) is 0. The first-order valence-electron chi connectivity index (χ1n) is 8.17. The zero-order chi connectivity index (χ0) is 22.3. The molecule has 3 amide bonds. The van der Waals surface area contributed by atoms with Crippen molar-refractivity contribution in [3.8, 4) is 0 Å². The molecule has 0 spiro atoms. The number of anilines is 1. The first kappa shape index (κ1) is 30.7. The van der Waals surface area contributed by atoms with Gasteiger partial charge in [-0.05, 0) is 67.8 Å². The van der Waals surface area contributed by atoms with Crippen molar-refractivity contribution in [2.24, 2.45) is 0 Å². The van der Waals surface area contributed by atoms with Gasteiger partial charge in [0.15, 0.2) is 0 Å². The zero-order valence-electron chi connectivity index (χ0n) is 16.1. The van der Waals surface area contributed by atoms with Gasteiger partial charge in [0.05, 0.1) is 49.4 Å². The summed E-state index contributed by atoms with van der Waals surface area (Å²) >= 11 is 5.60. The zero-order valence-corrected chi connectivity index (χ0v) is 24.6. The summed E-state index contributed by atoms with van der Waals surface area (Å²) in [5.74, 6) is -1.59. The van der Waals surface area contributed by atoms with Crippen LogP contribution < -0.4 is 16.0 Å². The van der Waals surface area contributed by atoms with E-state index in [-0.39, 0.29) is 59.5 Å². The number of hydrogen-bond donors (Lipinski definition) is 7. The monoisotopic (exact) mass is 770 g/mol. The SMILES string of the molecule is CC(=O)Nc1c(I)c(C(=O)NCC(O)CO)c(I)c(C(=O)NCC(O)CO)c1I.[Na]. The van der Waals surface area contributed by atoms with Gasteiger partial charge in [0.1, 0.15) is 0 Å². The van der Waals surface area contributed by atoms with Gasteiger partial charge in [-0.2, -0.15) is 0 Å². The van der Waals surface area contributed by atoms with E-state index in [0.717, 1.165) is 0 Å². The van der Waals surface area contributed by atoms with E-state index in [0.29, 0.717) is 10.7 Å². The van der Waals surface area contributed by atoms with Crippen LogP contribution in [0.4, 0.5) is 5.69 Å². The molecule has 0 aliphatic rings. The van der Waals surface area contributed by atoms with Crippen LogP contribution in [0.1, 0.15) is 27.6 Å². The topological polar surface area (TPSA) is 168 Å². The van der Waals surface area contributed by atoms with Crippen molar-refractivity contribution in [2.45, 2.75) is 19.1 Å². The maximum absolute atomic E-state index is 12.7. The van der Waals surface area contributed by atoms with Crippen LogP contribution in [0.25, 0.3) is 0 Å². The fourth-order valence-electron chi connectivity index (χ4n) is 2.08. The van der Waals surface area contributed by atoms with Gasteiger partial charge < -0.3 is 36.4 Å². The second kappa shape index (κ2) is 14.7. The summed E-state index contributed by atoms with van der Waals surface area (Å²) in [5, 5.41) is 44.3. The predicted molar refractivity (Wildman–Crippen MR) is 136 cm³/mol. The maximum atomic E-state index is 12.7. The van der Waals surface area contributed by atoms with Gasteiger partial charge in [0.25, 0.3) is 11.8 Å². The Balaban J connectivity index is 0.00000841. The maximum Gasteiger partial charge on any atom is 0.253 e. The van der Waals surface area contributed by atoms with Crippen LogP contribution in [-0.4, -0.2) is 106 Å². The molecular formula is C16H20I3N3NaO7. The molecule has 1 aromatic rings. The molecule has 10 nitrogen and oxygen atoms in total. The van der Waals surface area contributed by atoms with E-state index < -0.39 is 43.1 Å². The molecule has 163 valence electrons. The van der Waals surface area contributed by atoms with E-state index in [1.807, 2.05) is 67.8 Å². The Morgan fingerprint density at radius 2 is 1.20 bits per heavy atom. The third-order valence-corrected chi connectivity index (χ3v) is 6.73. The van der Waals surface area contributed by atoms with Gasteiger partial charge in [-0.1, -0.05) is 0 Å². The Hall–Kier alpha value is 0.660. The molecule has 0 aliphatic heterocycles. The molecule has 0 aliphatic carbocycles. The smallest absolute Gasteiger partial charge is 0.253 e. The van der Waals surface area contributed by atoms with Crippen molar-refractivity contribution in [3.05, 3.63) is 21.8 Å². The third kappa shape index (κ3) is 8.54. The molecule has 0 saturated carbocycles. The fraction of sp³-hybridized carbons (Fsp3) is 0.438. The largest absolute Gasteiger partial charge is 0.394 e. The molecule has 0 bridgehead atoms. The first-order valence-corrected chi connectivity index (χ1v) is 11.4. The molecule has 0 aromatic heterocycles. The summed E-state index contributed by atoms with van der Waals surface area (Å²) in [4.78, 5) is 37.0. The standard InChI is InChI=1S/C16H20I3N3O7.Na/c1-6(25)22-14-12(18)9(15(28)20-2-7(26)4-23)11(17)10(13(14)19)16(29)21-3-8(27)5-24;/h7-8,23-24,26-27H,2-5H2,1H3,(H,20,28)(H,21,29)(H,22,25);. The van der Waals surface area contributed by atoms with Crippen LogP contribution in [0.5, 0.6) is 0 Å². The van der Waals surface area contributed by atoms with Crippen molar-refractivity contribution < 1.29 is 34.8 Å². The Kier molecular flexibility index (Phi) is 15.1. The molecule has 2 unspecified atom stereocenters. The van der Waals surface area contributed by atoms with E-state index in [2.05, 4.69) is 16.0 Å². The second-order valence-corrected chi connectivity index (χ2v) is 9.08. The van der Waals surface area contributed by atoms with Gasteiger partial charge in [0.2, 0.25) is 5.91 Å². The van der Waals surface area contributed by atoms with Gasteiger partial charge >= 0.3 is 0 Å². The average molecular weight is 770 g/mol. The number of rotatable bonds is 9. The Morgan fingerprint density at radius 3 is 1.50 bits per heavy atom. The number of amides is 3. The Morgan fingerprint density at radius 1 is 0.833 bits per heavy atom. The average Bonchev–Trinajstić information content (AvgIpc) is 2.67. The van der Waals surface area contributed by atoms with Crippen molar-refractivity contribution in [1.29, 1.82) is 0 Å². The van der Waals surface area contributed by atoms with Crippen LogP contribution in [-0.2, 0) is 4.79 Å². The summed E-state index contributed by atoms with van der Waals surface area (Å²) in [6.07, 6.45) is -2.29. The number of carbonyl (C=O) groups excluding carboxylic acids is 3. The summed E-state index contributed by atoms with van der Waals surface area (Å²) < 4.78 is 1.10. The quantitative estimate of drug-likeness (QED) is 0.128. The second-order valence-electron chi connectivity index (χ2n) is 5.84. The molecule has 1 aromatic carbocycles. The number of aliphatic hydroxyl groups is 4.